The Morgan fingerprint density at radius 2 is 1.68 bits per heavy atom. The molecule has 10 nitrogen and oxygen atoms in total. The van der Waals surface area contributed by atoms with Crippen molar-refractivity contribution in [2.45, 2.75) is 6.92 Å². The average molecular weight is 445 g/mol. The molecule has 3 rings (SSSR count). The van der Waals surface area contributed by atoms with Crippen LogP contribution in [0.25, 0.3) is 11.4 Å². The fraction of sp³-hybridized carbons (Fsp3) is 0.250. The van der Waals surface area contributed by atoms with Crippen LogP contribution in [0.15, 0.2) is 36.7 Å². The van der Waals surface area contributed by atoms with E-state index in [4.69, 9.17) is 17.3 Å². The molecule has 0 atom stereocenters. The number of aromatic hydroxyl groups is 1. The van der Waals surface area contributed by atoms with Crippen molar-refractivity contribution in [3.8, 4) is 17.1 Å². The van der Waals surface area contributed by atoms with E-state index in [2.05, 4.69) is 25.3 Å². The molecule has 0 bridgehead atoms. The van der Waals surface area contributed by atoms with Gasteiger partial charge >= 0.3 is 0 Å². The van der Waals surface area contributed by atoms with E-state index >= 15 is 0 Å². The van der Waals surface area contributed by atoms with Gasteiger partial charge in [0.1, 0.15) is 11.4 Å². The van der Waals surface area contributed by atoms with Crippen LogP contribution in [0, 0.1) is 0 Å². The van der Waals surface area contributed by atoms with Gasteiger partial charge in [-0.15, -0.1) is 0 Å². The van der Waals surface area contributed by atoms with E-state index in [9.17, 15) is 9.90 Å². The van der Waals surface area contributed by atoms with Crippen molar-refractivity contribution in [1.29, 1.82) is 0 Å². The SMILES string of the molecule is CC(=O)Nc1cnc(-c2ccccc2O)nc1N(C)C.CN(C)c1nc(Cl)ncc1N. The number of para-hydroxylation sites is 1. The first-order chi connectivity index (χ1) is 14.6. The Morgan fingerprint density at radius 1 is 1.03 bits per heavy atom. The van der Waals surface area contributed by atoms with Crippen molar-refractivity contribution >= 4 is 40.5 Å². The Labute approximate surface area is 185 Å². The molecule has 0 saturated heterocycles. The molecule has 0 aliphatic rings. The number of carbonyl (C=O) groups excluding carboxylic acids is 1. The van der Waals surface area contributed by atoms with E-state index < -0.39 is 0 Å². The molecule has 1 amide bonds. The molecular weight excluding hydrogens is 420 g/mol. The van der Waals surface area contributed by atoms with Crippen LogP contribution in [0.2, 0.25) is 5.28 Å². The standard InChI is InChI=1S/C14H16N4O2.C6H9ClN4/c1-9(19)16-11-8-15-13(17-14(11)18(2)3)10-6-4-5-7-12(10)20;1-11(2)5-4(8)3-9-6(7)10-5/h4-8,20H,1-3H3,(H,16,19);3H,8H2,1-2H3. The molecule has 0 radical (unpaired) electrons. The number of phenolic OH excluding ortho intramolecular Hbond substituents is 1. The van der Waals surface area contributed by atoms with Crippen molar-refractivity contribution in [2.75, 3.05) is 49.0 Å². The molecule has 0 fully saturated rings. The number of aromatic nitrogens is 4. The lowest BCUT2D eigenvalue weighted by Gasteiger charge is -2.17. The molecule has 11 heteroatoms. The highest BCUT2D eigenvalue weighted by Gasteiger charge is 2.13. The van der Waals surface area contributed by atoms with E-state index in [1.165, 1.54) is 19.3 Å². The summed E-state index contributed by atoms with van der Waals surface area (Å²) < 4.78 is 0. The third kappa shape index (κ3) is 6.41. The molecule has 0 spiro atoms. The molecule has 31 heavy (non-hydrogen) atoms. The summed E-state index contributed by atoms with van der Waals surface area (Å²) in [6, 6.07) is 6.85. The van der Waals surface area contributed by atoms with Crippen molar-refractivity contribution in [3.63, 3.8) is 0 Å². The van der Waals surface area contributed by atoms with E-state index in [-0.39, 0.29) is 16.9 Å². The Bertz CT molecular complexity index is 1060. The zero-order valence-corrected chi connectivity index (χ0v) is 18.7. The Hall–Kier alpha value is -3.66. The van der Waals surface area contributed by atoms with E-state index in [0.717, 1.165) is 0 Å². The van der Waals surface area contributed by atoms with E-state index in [1.54, 1.807) is 34.1 Å². The second-order valence-corrected chi connectivity index (χ2v) is 7.17. The number of anilines is 4. The minimum absolute atomic E-state index is 0.115. The molecule has 3 aromatic rings. The summed E-state index contributed by atoms with van der Waals surface area (Å²) in [5.74, 6) is 1.55. The van der Waals surface area contributed by atoms with Crippen LogP contribution >= 0.6 is 11.6 Å². The van der Waals surface area contributed by atoms with Gasteiger partial charge in [0, 0.05) is 35.1 Å². The van der Waals surface area contributed by atoms with Crippen LogP contribution in [-0.2, 0) is 4.79 Å². The van der Waals surface area contributed by atoms with Gasteiger partial charge in [-0.1, -0.05) is 12.1 Å². The normalized spacial score (nSPS) is 10.0. The summed E-state index contributed by atoms with van der Waals surface area (Å²) in [5.41, 5.74) is 7.17. The zero-order valence-electron chi connectivity index (χ0n) is 18.0. The Kier molecular flexibility index (Phi) is 7.92. The molecule has 0 unspecified atom stereocenters. The van der Waals surface area contributed by atoms with Crippen LogP contribution in [-0.4, -0.2) is 59.1 Å². The third-order valence-corrected chi connectivity index (χ3v) is 4.02. The first kappa shape index (κ1) is 23.6. The van der Waals surface area contributed by atoms with Crippen LogP contribution in [0.3, 0.4) is 0 Å². The molecule has 1 aromatic carbocycles. The van der Waals surface area contributed by atoms with Gasteiger partial charge in [-0.05, 0) is 23.7 Å². The predicted molar refractivity (Wildman–Crippen MR) is 124 cm³/mol. The first-order valence-corrected chi connectivity index (χ1v) is 9.53. The number of nitrogens with zero attached hydrogens (tertiary/aromatic N) is 6. The van der Waals surface area contributed by atoms with Crippen LogP contribution < -0.4 is 20.9 Å². The third-order valence-electron chi connectivity index (χ3n) is 3.84. The van der Waals surface area contributed by atoms with Gasteiger partial charge in [-0.3, -0.25) is 4.79 Å². The van der Waals surface area contributed by atoms with Crippen LogP contribution in [0.5, 0.6) is 5.75 Å². The summed E-state index contributed by atoms with van der Waals surface area (Å²) >= 11 is 5.56. The lowest BCUT2D eigenvalue weighted by atomic mass is 10.2. The Balaban J connectivity index is 0.000000262. The summed E-state index contributed by atoms with van der Waals surface area (Å²) in [5, 5.41) is 12.7. The maximum Gasteiger partial charge on any atom is 0.224 e. The predicted octanol–water partition coefficient (Wildman–Crippen LogP) is 2.65. The summed E-state index contributed by atoms with van der Waals surface area (Å²) in [6.07, 6.45) is 3.02. The topological polar surface area (TPSA) is 133 Å². The Morgan fingerprint density at radius 3 is 2.23 bits per heavy atom. The lowest BCUT2D eigenvalue weighted by molar-refractivity contribution is -0.114. The summed E-state index contributed by atoms with van der Waals surface area (Å²) in [4.78, 5) is 31.0. The number of benzene rings is 1. The number of hydrogen-bond donors (Lipinski definition) is 3. The molecule has 2 aromatic heterocycles. The number of rotatable bonds is 4. The number of carbonyl (C=O) groups is 1. The first-order valence-electron chi connectivity index (χ1n) is 9.15. The highest BCUT2D eigenvalue weighted by atomic mass is 35.5. The van der Waals surface area contributed by atoms with Crippen LogP contribution in [0.4, 0.5) is 23.0 Å². The molecule has 2 heterocycles. The second-order valence-electron chi connectivity index (χ2n) is 6.84. The molecule has 4 N–H and O–H groups in total. The number of nitrogens with one attached hydrogen (secondary N) is 1. The highest BCUT2D eigenvalue weighted by molar-refractivity contribution is 6.28. The van der Waals surface area contributed by atoms with Crippen LogP contribution in [0.1, 0.15) is 6.92 Å². The molecule has 0 aliphatic carbocycles. The smallest absolute Gasteiger partial charge is 0.224 e. The monoisotopic (exact) mass is 444 g/mol. The zero-order chi connectivity index (χ0) is 23.1. The minimum Gasteiger partial charge on any atom is -0.507 e. The fourth-order valence-electron chi connectivity index (χ4n) is 2.50. The number of phenols is 1. The molecular formula is C20H25ClN8O2. The number of amides is 1. The second kappa shape index (κ2) is 10.4. The van der Waals surface area contributed by atoms with Gasteiger partial charge in [0.2, 0.25) is 11.2 Å². The maximum atomic E-state index is 11.2. The maximum absolute atomic E-state index is 11.2. The fourth-order valence-corrected chi connectivity index (χ4v) is 2.63. The number of nitrogen functional groups attached to an aromatic ring is 1. The van der Waals surface area contributed by atoms with Crippen molar-refractivity contribution in [2.24, 2.45) is 0 Å². The lowest BCUT2D eigenvalue weighted by Crippen LogP contribution is -2.17. The van der Waals surface area contributed by atoms with Gasteiger partial charge in [0.05, 0.1) is 23.6 Å². The van der Waals surface area contributed by atoms with Crippen molar-refractivity contribution in [3.05, 3.63) is 41.9 Å². The summed E-state index contributed by atoms with van der Waals surface area (Å²) in [6.45, 7) is 1.43. The van der Waals surface area contributed by atoms with Gasteiger partial charge in [-0.2, -0.15) is 4.98 Å². The minimum atomic E-state index is -0.188. The van der Waals surface area contributed by atoms with Crippen molar-refractivity contribution < 1.29 is 9.90 Å². The number of hydrogen-bond acceptors (Lipinski definition) is 9. The van der Waals surface area contributed by atoms with E-state index in [1.807, 2.05) is 28.2 Å². The van der Waals surface area contributed by atoms with E-state index in [0.29, 0.717) is 34.4 Å². The quantitative estimate of drug-likeness (QED) is 0.519. The van der Waals surface area contributed by atoms with Gasteiger partial charge in [0.15, 0.2) is 17.5 Å². The number of nitrogens with two attached hydrogens (primary N) is 1. The van der Waals surface area contributed by atoms with Gasteiger partial charge < -0.3 is 26.0 Å². The molecule has 0 saturated carbocycles. The molecule has 0 aliphatic heterocycles. The average Bonchev–Trinajstić information content (AvgIpc) is 2.70. The van der Waals surface area contributed by atoms with Gasteiger partial charge in [-0.25, -0.2) is 15.0 Å². The van der Waals surface area contributed by atoms with Gasteiger partial charge in [0.25, 0.3) is 0 Å². The molecule has 164 valence electrons. The number of halogens is 1. The highest BCUT2D eigenvalue weighted by Crippen LogP contribution is 2.29. The van der Waals surface area contributed by atoms with Crippen molar-refractivity contribution in [1.82, 2.24) is 19.9 Å². The largest absolute Gasteiger partial charge is 0.507 e. The summed E-state index contributed by atoms with van der Waals surface area (Å²) in [7, 11) is 7.33.